The van der Waals surface area contributed by atoms with E-state index in [1.807, 2.05) is 19.1 Å². The van der Waals surface area contributed by atoms with E-state index < -0.39 is 6.04 Å². The molecule has 5 nitrogen and oxygen atoms in total. The molecule has 1 heterocycles. The van der Waals surface area contributed by atoms with Crippen LogP contribution in [0.25, 0.3) is 0 Å². The number of nitrogens with zero attached hydrogens (tertiary/aromatic N) is 1. The van der Waals surface area contributed by atoms with E-state index >= 15 is 0 Å². The Bertz CT molecular complexity index is 472. The fourth-order valence-corrected chi connectivity index (χ4v) is 2.63. The highest BCUT2D eigenvalue weighted by Gasteiger charge is 2.18. The molecule has 116 valence electrons. The van der Waals surface area contributed by atoms with E-state index in [0.29, 0.717) is 0 Å². The zero-order valence-corrected chi connectivity index (χ0v) is 12.8. The van der Waals surface area contributed by atoms with Crippen molar-refractivity contribution in [1.82, 2.24) is 5.32 Å². The summed E-state index contributed by atoms with van der Waals surface area (Å²) in [6.45, 7) is 4.43. The molecule has 0 saturated carbocycles. The minimum absolute atomic E-state index is 0.0667. The Labute approximate surface area is 126 Å². The van der Waals surface area contributed by atoms with Gasteiger partial charge in [-0.3, -0.25) is 4.79 Å². The Morgan fingerprint density at radius 3 is 2.81 bits per heavy atom. The van der Waals surface area contributed by atoms with Gasteiger partial charge in [-0.05, 0) is 37.5 Å². The van der Waals surface area contributed by atoms with Crippen LogP contribution in [-0.4, -0.2) is 38.8 Å². The van der Waals surface area contributed by atoms with Gasteiger partial charge in [0.05, 0.1) is 12.6 Å². The fourth-order valence-electron chi connectivity index (χ4n) is 2.63. The SMILES string of the molecule is COCC(N)C(=O)NC(C)c1cccc(N2CCCC2)c1. The van der Waals surface area contributed by atoms with Crippen LogP contribution in [0.5, 0.6) is 0 Å². The van der Waals surface area contributed by atoms with Crippen molar-refractivity contribution in [2.24, 2.45) is 5.73 Å². The number of anilines is 1. The van der Waals surface area contributed by atoms with Crippen LogP contribution >= 0.6 is 0 Å². The van der Waals surface area contributed by atoms with Crippen molar-refractivity contribution >= 4 is 11.6 Å². The maximum Gasteiger partial charge on any atom is 0.239 e. The van der Waals surface area contributed by atoms with Crippen LogP contribution in [0.2, 0.25) is 0 Å². The number of nitrogens with two attached hydrogens (primary N) is 1. The highest BCUT2D eigenvalue weighted by Crippen LogP contribution is 2.23. The van der Waals surface area contributed by atoms with E-state index in [0.717, 1.165) is 18.7 Å². The Kier molecular flexibility index (Phi) is 5.59. The summed E-state index contributed by atoms with van der Waals surface area (Å²) in [7, 11) is 1.54. The van der Waals surface area contributed by atoms with Gasteiger partial charge >= 0.3 is 0 Å². The Morgan fingerprint density at radius 1 is 1.43 bits per heavy atom. The van der Waals surface area contributed by atoms with Gasteiger partial charge in [0.15, 0.2) is 0 Å². The number of benzene rings is 1. The summed E-state index contributed by atoms with van der Waals surface area (Å²) in [6, 6.07) is 7.66. The molecule has 1 aromatic carbocycles. The van der Waals surface area contributed by atoms with Crippen molar-refractivity contribution in [1.29, 1.82) is 0 Å². The molecule has 0 aromatic heterocycles. The lowest BCUT2D eigenvalue weighted by Gasteiger charge is -2.21. The molecule has 0 bridgehead atoms. The number of amides is 1. The molecule has 21 heavy (non-hydrogen) atoms. The third kappa shape index (κ3) is 4.19. The van der Waals surface area contributed by atoms with E-state index in [9.17, 15) is 4.79 Å². The van der Waals surface area contributed by atoms with Gasteiger partial charge < -0.3 is 20.7 Å². The van der Waals surface area contributed by atoms with Crippen LogP contribution in [0.4, 0.5) is 5.69 Å². The summed E-state index contributed by atoms with van der Waals surface area (Å²) in [5.74, 6) is -0.184. The van der Waals surface area contributed by atoms with Crippen LogP contribution in [0.3, 0.4) is 0 Å². The minimum atomic E-state index is -0.626. The lowest BCUT2D eigenvalue weighted by Crippen LogP contribution is -2.44. The molecule has 2 rings (SSSR count). The van der Waals surface area contributed by atoms with Crippen molar-refractivity contribution in [3.63, 3.8) is 0 Å². The van der Waals surface area contributed by atoms with Gasteiger partial charge in [0.1, 0.15) is 6.04 Å². The average molecular weight is 291 g/mol. The predicted octanol–water partition coefficient (Wildman–Crippen LogP) is 1.44. The molecule has 1 aromatic rings. The summed E-state index contributed by atoms with van der Waals surface area (Å²) in [5, 5.41) is 2.94. The van der Waals surface area contributed by atoms with E-state index in [-0.39, 0.29) is 18.6 Å². The van der Waals surface area contributed by atoms with E-state index in [1.165, 1.54) is 25.6 Å². The molecule has 3 N–H and O–H groups in total. The average Bonchev–Trinajstić information content (AvgIpc) is 3.01. The van der Waals surface area contributed by atoms with Gasteiger partial charge in [-0.1, -0.05) is 12.1 Å². The maximum absolute atomic E-state index is 11.9. The lowest BCUT2D eigenvalue weighted by molar-refractivity contribution is -0.124. The first kappa shape index (κ1) is 15.8. The second-order valence-corrected chi connectivity index (χ2v) is 5.58. The van der Waals surface area contributed by atoms with Gasteiger partial charge in [0.2, 0.25) is 5.91 Å². The normalized spacial score (nSPS) is 17.6. The molecular weight excluding hydrogens is 266 g/mol. The second-order valence-electron chi connectivity index (χ2n) is 5.58. The van der Waals surface area contributed by atoms with Gasteiger partial charge in [0.25, 0.3) is 0 Å². The molecule has 1 aliphatic heterocycles. The minimum Gasteiger partial charge on any atom is -0.383 e. The second kappa shape index (κ2) is 7.43. The van der Waals surface area contributed by atoms with Gasteiger partial charge in [-0.25, -0.2) is 0 Å². The van der Waals surface area contributed by atoms with Crippen molar-refractivity contribution in [3.8, 4) is 0 Å². The lowest BCUT2D eigenvalue weighted by atomic mass is 10.1. The molecule has 0 spiro atoms. The fraction of sp³-hybridized carbons (Fsp3) is 0.562. The molecule has 2 atom stereocenters. The molecule has 1 amide bonds. The number of nitrogens with one attached hydrogen (secondary N) is 1. The maximum atomic E-state index is 11.9. The molecule has 1 aliphatic rings. The summed E-state index contributed by atoms with van der Waals surface area (Å²) in [5.41, 5.74) is 8.06. The number of ether oxygens (including phenoxy) is 1. The standard InChI is InChI=1S/C16H25N3O2/c1-12(18-16(20)15(17)11-21-2)13-6-5-7-14(10-13)19-8-3-4-9-19/h5-7,10,12,15H,3-4,8-9,11,17H2,1-2H3,(H,18,20). The van der Waals surface area contributed by atoms with E-state index in [2.05, 4.69) is 22.3 Å². The van der Waals surface area contributed by atoms with Crippen molar-refractivity contribution in [2.45, 2.75) is 31.8 Å². The van der Waals surface area contributed by atoms with E-state index in [4.69, 9.17) is 10.5 Å². The predicted molar refractivity (Wildman–Crippen MR) is 84.3 cm³/mol. The number of hydrogen-bond acceptors (Lipinski definition) is 4. The van der Waals surface area contributed by atoms with Gasteiger partial charge in [-0.15, -0.1) is 0 Å². The number of methoxy groups -OCH3 is 1. The highest BCUT2D eigenvalue weighted by atomic mass is 16.5. The van der Waals surface area contributed by atoms with Gasteiger partial charge in [-0.2, -0.15) is 0 Å². The summed E-state index contributed by atoms with van der Waals surface area (Å²) in [4.78, 5) is 14.3. The molecule has 0 radical (unpaired) electrons. The summed E-state index contributed by atoms with van der Waals surface area (Å²) < 4.78 is 4.91. The number of carbonyl (C=O) groups is 1. The van der Waals surface area contributed by atoms with E-state index in [1.54, 1.807) is 0 Å². The zero-order valence-electron chi connectivity index (χ0n) is 12.8. The monoisotopic (exact) mass is 291 g/mol. The number of rotatable bonds is 6. The number of carbonyl (C=O) groups excluding carboxylic acids is 1. The van der Waals surface area contributed by atoms with Crippen LogP contribution in [0.15, 0.2) is 24.3 Å². The largest absolute Gasteiger partial charge is 0.383 e. The van der Waals surface area contributed by atoms with Crippen LogP contribution in [0.1, 0.15) is 31.4 Å². The topological polar surface area (TPSA) is 67.6 Å². The first-order chi connectivity index (χ1) is 10.1. The summed E-state index contributed by atoms with van der Waals surface area (Å²) >= 11 is 0. The molecule has 1 fully saturated rings. The molecular formula is C16H25N3O2. The molecule has 5 heteroatoms. The van der Waals surface area contributed by atoms with Crippen molar-refractivity contribution < 1.29 is 9.53 Å². The third-order valence-corrected chi connectivity index (χ3v) is 3.88. The quantitative estimate of drug-likeness (QED) is 0.832. The smallest absolute Gasteiger partial charge is 0.239 e. The molecule has 2 unspecified atom stereocenters. The van der Waals surface area contributed by atoms with Crippen LogP contribution < -0.4 is 16.0 Å². The Morgan fingerprint density at radius 2 is 2.14 bits per heavy atom. The first-order valence-electron chi connectivity index (χ1n) is 7.51. The van der Waals surface area contributed by atoms with Gasteiger partial charge in [0, 0.05) is 25.9 Å². The van der Waals surface area contributed by atoms with Crippen molar-refractivity contribution in [2.75, 3.05) is 31.7 Å². The molecule has 1 saturated heterocycles. The number of hydrogen-bond donors (Lipinski definition) is 2. The third-order valence-electron chi connectivity index (χ3n) is 3.88. The highest BCUT2D eigenvalue weighted by molar-refractivity contribution is 5.82. The Hall–Kier alpha value is -1.59. The van der Waals surface area contributed by atoms with Crippen LogP contribution in [0, 0.1) is 0 Å². The Balaban J connectivity index is 2.00. The molecule has 0 aliphatic carbocycles. The zero-order chi connectivity index (χ0) is 15.2. The van der Waals surface area contributed by atoms with Crippen LogP contribution in [-0.2, 0) is 9.53 Å². The first-order valence-corrected chi connectivity index (χ1v) is 7.51. The summed E-state index contributed by atoms with van der Waals surface area (Å²) in [6.07, 6.45) is 2.50. The van der Waals surface area contributed by atoms with Crippen molar-refractivity contribution in [3.05, 3.63) is 29.8 Å².